The first-order chi connectivity index (χ1) is 20.3. The van der Waals surface area contributed by atoms with Crippen molar-refractivity contribution in [1.29, 1.82) is 0 Å². The van der Waals surface area contributed by atoms with Gasteiger partial charge in [-0.2, -0.15) is 0 Å². The van der Waals surface area contributed by atoms with Gasteiger partial charge in [-0.05, 0) is 78.3 Å². The van der Waals surface area contributed by atoms with Crippen LogP contribution in [0.2, 0.25) is 0 Å². The molecule has 2 fully saturated rings. The maximum Gasteiger partial charge on any atom is 0.153 e. The largest absolute Gasteiger partial charge is 0.472 e. The molecule has 6 heterocycles. The minimum Gasteiger partial charge on any atom is -0.472 e. The number of benzene rings is 2. The molecular weight excluding hydrogens is 528 g/mol. The number of carbonyl (C=O) groups is 1. The van der Waals surface area contributed by atoms with Gasteiger partial charge in [-0.3, -0.25) is 14.7 Å². The second kappa shape index (κ2) is 11.4. The highest BCUT2D eigenvalue weighted by atomic mass is 32.2. The van der Waals surface area contributed by atoms with Crippen molar-refractivity contribution in [3.8, 4) is 11.1 Å². The summed E-state index contributed by atoms with van der Waals surface area (Å²) in [5, 5.41) is 0. The molecule has 0 radical (unpaired) electrons. The third kappa shape index (κ3) is 5.21. The second-order valence-electron chi connectivity index (χ2n) is 10.8. The Balaban J connectivity index is 0.000000348. The van der Waals surface area contributed by atoms with Gasteiger partial charge in [0.05, 0.1) is 24.4 Å². The fourth-order valence-corrected chi connectivity index (χ4v) is 7.57. The lowest BCUT2D eigenvalue weighted by atomic mass is 9.85. The highest BCUT2D eigenvalue weighted by Crippen LogP contribution is 2.51. The quantitative estimate of drug-likeness (QED) is 0.202. The van der Waals surface area contributed by atoms with Crippen molar-refractivity contribution in [1.82, 2.24) is 9.88 Å². The molecule has 0 amide bonds. The van der Waals surface area contributed by atoms with Crippen LogP contribution in [0.1, 0.15) is 52.7 Å². The molecule has 2 unspecified atom stereocenters. The lowest BCUT2D eigenvalue weighted by Crippen LogP contribution is -2.40. The molecule has 204 valence electrons. The van der Waals surface area contributed by atoms with Crippen LogP contribution in [0.3, 0.4) is 0 Å². The number of pyridine rings is 1. The molecule has 2 atom stereocenters. The van der Waals surface area contributed by atoms with Crippen molar-refractivity contribution in [2.75, 3.05) is 0 Å². The number of furan rings is 2. The number of hydrogen-bond acceptors (Lipinski definition) is 6. The lowest BCUT2D eigenvalue weighted by molar-refractivity contribution is 0.112. The highest BCUT2D eigenvalue weighted by Gasteiger charge is 2.40. The number of fused-ring (bicyclic) bond motifs is 4. The first-order valence-electron chi connectivity index (χ1n) is 14.0. The number of nitrogens with zero attached hydrogens (tertiary/aromatic N) is 2. The van der Waals surface area contributed by atoms with Gasteiger partial charge in [-0.1, -0.05) is 53.7 Å². The molecule has 0 N–H and O–H groups in total. The lowest BCUT2D eigenvalue weighted by Gasteiger charge is -2.38. The molecule has 2 saturated heterocycles. The van der Waals surface area contributed by atoms with Crippen LogP contribution < -0.4 is 0 Å². The Kier molecular flexibility index (Phi) is 7.17. The van der Waals surface area contributed by atoms with Crippen molar-refractivity contribution in [3.63, 3.8) is 0 Å². The molecule has 8 rings (SSSR count). The van der Waals surface area contributed by atoms with E-state index in [4.69, 9.17) is 4.42 Å². The van der Waals surface area contributed by atoms with E-state index in [-0.39, 0.29) is 0 Å². The molecular formula is C35H30N2O3S. The molecule has 6 heteroatoms. The fraction of sp³-hybridized carbons (Fsp3) is 0.200. The van der Waals surface area contributed by atoms with E-state index in [1.807, 2.05) is 36.5 Å². The monoisotopic (exact) mass is 558 g/mol. The van der Waals surface area contributed by atoms with Crippen molar-refractivity contribution >= 4 is 23.6 Å². The predicted molar refractivity (Wildman–Crippen MR) is 161 cm³/mol. The third-order valence-electron chi connectivity index (χ3n) is 8.34. The summed E-state index contributed by atoms with van der Waals surface area (Å²) in [5.74, 6) is 0. The number of carbonyl (C=O) groups excluding carboxylic acids is 1. The molecule has 5 nitrogen and oxygen atoms in total. The molecule has 0 spiro atoms. The normalized spacial score (nSPS) is 19.2. The van der Waals surface area contributed by atoms with Crippen LogP contribution in [0.25, 0.3) is 16.7 Å². The van der Waals surface area contributed by atoms with Gasteiger partial charge in [0.1, 0.15) is 6.26 Å². The smallest absolute Gasteiger partial charge is 0.153 e. The first-order valence-corrected chi connectivity index (χ1v) is 14.9. The number of aromatic nitrogens is 1. The molecule has 2 aromatic carbocycles. The Labute approximate surface area is 243 Å². The summed E-state index contributed by atoms with van der Waals surface area (Å²) < 4.78 is 9.91. The van der Waals surface area contributed by atoms with Crippen LogP contribution >= 0.6 is 11.8 Å². The van der Waals surface area contributed by atoms with E-state index in [1.54, 1.807) is 17.9 Å². The molecule has 41 heavy (non-hydrogen) atoms. The minimum atomic E-state index is 0.583. The maximum absolute atomic E-state index is 9.81. The number of hydrogen-bond donors (Lipinski definition) is 0. The number of piperidine rings is 1. The average molecular weight is 559 g/mol. The van der Waals surface area contributed by atoms with Crippen LogP contribution in [-0.4, -0.2) is 28.3 Å². The van der Waals surface area contributed by atoms with Crippen LogP contribution in [-0.2, 0) is 6.54 Å². The Morgan fingerprint density at radius 2 is 1.66 bits per heavy atom. The predicted octanol–water partition coefficient (Wildman–Crippen LogP) is 8.53. The summed E-state index contributed by atoms with van der Waals surface area (Å²) in [6, 6.07) is 25.1. The van der Waals surface area contributed by atoms with E-state index >= 15 is 0 Å². The fourth-order valence-electron chi connectivity index (χ4n) is 6.44. The zero-order chi connectivity index (χ0) is 27.6. The average Bonchev–Trinajstić information content (AvgIpc) is 3.79. The van der Waals surface area contributed by atoms with Gasteiger partial charge in [0.25, 0.3) is 0 Å². The van der Waals surface area contributed by atoms with Crippen molar-refractivity contribution in [3.05, 3.63) is 132 Å². The minimum absolute atomic E-state index is 0.583. The van der Waals surface area contributed by atoms with Crippen molar-refractivity contribution in [2.24, 2.45) is 0 Å². The topological polar surface area (TPSA) is 59.5 Å². The van der Waals surface area contributed by atoms with Gasteiger partial charge < -0.3 is 8.83 Å². The van der Waals surface area contributed by atoms with Gasteiger partial charge in [-0.15, -0.1) is 0 Å². The molecule has 3 aliphatic rings. The van der Waals surface area contributed by atoms with E-state index in [9.17, 15) is 4.79 Å². The van der Waals surface area contributed by atoms with Gasteiger partial charge >= 0.3 is 0 Å². The van der Waals surface area contributed by atoms with Gasteiger partial charge in [-0.25, -0.2) is 0 Å². The van der Waals surface area contributed by atoms with E-state index in [1.165, 1.54) is 68.5 Å². The molecule has 3 aromatic heterocycles. The molecule has 5 aromatic rings. The Hall–Kier alpha value is -4.13. The Morgan fingerprint density at radius 3 is 2.37 bits per heavy atom. The van der Waals surface area contributed by atoms with E-state index in [2.05, 4.69) is 68.9 Å². The van der Waals surface area contributed by atoms with Crippen molar-refractivity contribution < 1.29 is 13.6 Å². The zero-order valence-electron chi connectivity index (χ0n) is 22.6. The molecule has 3 aliphatic heterocycles. The first kappa shape index (κ1) is 25.8. The summed E-state index contributed by atoms with van der Waals surface area (Å²) in [7, 11) is 0. The summed E-state index contributed by atoms with van der Waals surface area (Å²) in [6.07, 6.45) is 16.0. The summed E-state index contributed by atoms with van der Waals surface area (Å²) >= 11 is 1.90. The summed E-state index contributed by atoms with van der Waals surface area (Å²) in [5.41, 5.74) is 10.2. The second-order valence-corrected chi connectivity index (χ2v) is 11.9. The third-order valence-corrected chi connectivity index (χ3v) is 9.47. The van der Waals surface area contributed by atoms with E-state index < -0.39 is 0 Å². The molecule has 0 aliphatic carbocycles. The van der Waals surface area contributed by atoms with E-state index in [0.29, 0.717) is 17.6 Å². The van der Waals surface area contributed by atoms with Gasteiger partial charge in [0, 0.05) is 51.9 Å². The zero-order valence-corrected chi connectivity index (χ0v) is 23.4. The maximum atomic E-state index is 9.81. The Morgan fingerprint density at radius 1 is 0.854 bits per heavy atom. The SMILES string of the molecule is O=Cc1ccoc1.c1cncc(-c2ccc3c(c2)Sc2ccccc2C3=C2CC3CCC(C2)N3Cc2ccoc2)c1. The molecule has 2 bridgehead atoms. The summed E-state index contributed by atoms with van der Waals surface area (Å²) in [4.78, 5) is 19.6. The summed E-state index contributed by atoms with van der Waals surface area (Å²) in [6.45, 7) is 1.01. The van der Waals surface area contributed by atoms with Gasteiger partial charge in [0.15, 0.2) is 6.29 Å². The standard InChI is InChI=1S/C30H26N2OS.C5H4O2/c1-2-6-28-26(5-1)30(27-10-7-21(16-29(27)34-28)22-4-3-12-31-17-22)23-14-24-8-9-25(15-23)32(24)18-20-11-13-33-19-20;6-3-5-1-2-7-4-5/h1-7,10-13,16-17,19,24-25H,8-9,14-15,18H2;1-4H. The molecule has 0 saturated carbocycles. The van der Waals surface area contributed by atoms with Gasteiger partial charge in [0.2, 0.25) is 0 Å². The highest BCUT2D eigenvalue weighted by molar-refractivity contribution is 7.99. The van der Waals surface area contributed by atoms with Crippen LogP contribution in [0, 0.1) is 0 Å². The Bertz CT molecular complexity index is 1660. The number of aldehydes is 1. The number of rotatable bonds is 4. The van der Waals surface area contributed by atoms with Crippen LogP contribution in [0.5, 0.6) is 0 Å². The van der Waals surface area contributed by atoms with Crippen LogP contribution in [0.15, 0.2) is 128 Å². The van der Waals surface area contributed by atoms with E-state index in [0.717, 1.165) is 25.7 Å². The van der Waals surface area contributed by atoms with Crippen molar-refractivity contribution in [2.45, 2.75) is 54.1 Å². The van der Waals surface area contributed by atoms with Crippen LogP contribution in [0.4, 0.5) is 0 Å².